The average molecular weight is 274 g/mol. The minimum absolute atomic E-state index is 0.143. The molecule has 2 rings (SSSR count). The van der Waals surface area contributed by atoms with Crippen molar-refractivity contribution < 1.29 is 4.79 Å². The molecular formula is C17H26N2O. The molecule has 0 aromatic heterocycles. The monoisotopic (exact) mass is 274 g/mol. The summed E-state index contributed by atoms with van der Waals surface area (Å²) < 4.78 is 0. The molecule has 0 radical (unpaired) electrons. The predicted molar refractivity (Wildman–Crippen MR) is 82.1 cm³/mol. The number of nitrogens with one attached hydrogen (secondary N) is 2. The minimum Gasteiger partial charge on any atom is -0.352 e. The fourth-order valence-corrected chi connectivity index (χ4v) is 2.99. The zero-order valence-corrected chi connectivity index (χ0v) is 13.0. The molecular weight excluding hydrogens is 248 g/mol. The number of rotatable bonds is 5. The van der Waals surface area contributed by atoms with E-state index < -0.39 is 0 Å². The van der Waals surface area contributed by atoms with E-state index in [0.29, 0.717) is 12.5 Å². The molecule has 20 heavy (non-hydrogen) atoms. The van der Waals surface area contributed by atoms with Gasteiger partial charge in [0.2, 0.25) is 5.91 Å². The Morgan fingerprint density at radius 2 is 2.00 bits per heavy atom. The SMILES string of the molecule is CC(C)CC(C)(C)C(=O)NCc1ccc2c(c1)CNC2. The molecule has 1 aromatic rings. The van der Waals surface area contributed by atoms with Crippen molar-refractivity contribution in [1.82, 2.24) is 10.6 Å². The Morgan fingerprint density at radius 1 is 1.30 bits per heavy atom. The highest BCUT2D eigenvalue weighted by Gasteiger charge is 2.28. The Hall–Kier alpha value is -1.35. The molecule has 2 N–H and O–H groups in total. The minimum atomic E-state index is -0.299. The van der Waals surface area contributed by atoms with Gasteiger partial charge in [0.15, 0.2) is 0 Å². The van der Waals surface area contributed by atoms with E-state index in [9.17, 15) is 4.79 Å². The molecule has 1 aliphatic rings. The summed E-state index contributed by atoms with van der Waals surface area (Å²) in [6, 6.07) is 6.47. The second kappa shape index (κ2) is 5.96. The van der Waals surface area contributed by atoms with Crippen LogP contribution in [0, 0.1) is 11.3 Å². The third-order valence-electron chi connectivity index (χ3n) is 3.89. The molecule has 1 aliphatic heterocycles. The van der Waals surface area contributed by atoms with E-state index in [4.69, 9.17) is 0 Å². The van der Waals surface area contributed by atoms with Crippen LogP contribution in [0.5, 0.6) is 0 Å². The molecule has 0 saturated heterocycles. The van der Waals surface area contributed by atoms with Gasteiger partial charge in [0.05, 0.1) is 0 Å². The number of fused-ring (bicyclic) bond motifs is 1. The standard InChI is InChI=1S/C17H26N2O/c1-12(2)8-17(3,4)16(20)19-9-13-5-6-14-10-18-11-15(14)7-13/h5-7,12,18H,8-11H2,1-4H3,(H,19,20). The van der Waals surface area contributed by atoms with Gasteiger partial charge in [-0.1, -0.05) is 45.9 Å². The lowest BCUT2D eigenvalue weighted by atomic mass is 9.83. The van der Waals surface area contributed by atoms with Gasteiger partial charge < -0.3 is 10.6 Å². The molecule has 0 fully saturated rings. The maximum absolute atomic E-state index is 12.3. The Morgan fingerprint density at radius 3 is 2.70 bits per heavy atom. The van der Waals surface area contributed by atoms with E-state index >= 15 is 0 Å². The van der Waals surface area contributed by atoms with E-state index in [1.165, 1.54) is 16.7 Å². The molecule has 0 atom stereocenters. The molecule has 110 valence electrons. The predicted octanol–water partition coefficient (Wildman–Crippen LogP) is 2.98. The highest BCUT2D eigenvalue weighted by atomic mass is 16.2. The van der Waals surface area contributed by atoms with Crippen molar-refractivity contribution in [2.75, 3.05) is 0 Å². The third kappa shape index (κ3) is 3.60. The van der Waals surface area contributed by atoms with E-state index in [-0.39, 0.29) is 11.3 Å². The zero-order valence-electron chi connectivity index (χ0n) is 13.0. The summed E-state index contributed by atoms with van der Waals surface area (Å²) >= 11 is 0. The van der Waals surface area contributed by atoms with Crippen LogP contribution in [0.4, 0.5) is 0 Å². The Labute approximate surface area is 122 Å². The lowest BCUT2D eigenvalue weighted by molar-refractivity contribution is -0.130. The summed E-state index contributed by atoms with van der Waals surface area (Å²) in [6.07, 6.45) is 0.910. The molecule has 1 heterocycles. The van der Waals surface area contributed by atoms with Crippen molar-refractivity contribution in [2.24, 2.45) is 11.3 Å². The molecule has 0 unspecified atom stereocenters. The maximum atomic E-state index is 12.3. The summed E-state index contributed by atoms with van der Waals surface area (Å²) in [5, 5.41) is 6.41. The van der Waals surface area contributed by atoms with Crippen LogP contribution in [0.15, 0.2) is 18.2 Å². The molecule has 3 nitrogen and oxygen atoms in total. The van der Waals surface area contributed by atoms with Crippen LogP contribution in [0.25, 0.3) is 0 Å². The summed E-state index contributed by atoms with van der Waals surface area (Å²) in [5.74, 6) is 0.673. The van der Waals surface area contributed by atoms with Crippen LogP contribution in [-0.2, 0) is 24.4 Å². The van der Waals surface area contributed by atoms with Crippen LogP contribution < -0.4 is 10.6 Å². The van der Waals surface area contributed by atoms with Crippen LogP contribution >= 0.6 is 0 Å². The van der Waals surface area contributed by atoms with Crippen LogP contribution in [-0.4, -0.2) is 5.91 Å². The highest BCUT2D eigenvalue weighted by Crippen LogP contribution is 2.25. The van der Waals surface area contributed by atoms with Gasteiger partial charge in [-0.25, -0.2) is 0 Å². The van der Waals surface area contributed by atoms with E-state index in [1.54, 1.807) is 0 Å². The van der Waals surface area contributed by atoms with Gasteiger partial charge in [0.1, 0.15) is 0 Å². The molecule has 0 spiro atoms. The van der Waals surface area contributed by atoms with Crippen molar-refractivity contribution in [1.29, 1.82) is 0 Å². The van der Waals surface area contributed by atoms with Crippen LogP contribution in [0.3, 0.4) is 0 Å². The van der Waals surface area contributed by atoms with Crippen LogP contribution in [0.1, 0.15) is 50.8 Å². The van der Waals surface area contributed by atoms with Gasteiger partial charge in [-0.05, 0) is 29.0 Å². The van der Waals surface area contributed by atoms with Crippen molar-refractivity contribution in [3.8, 4) is 0 Å². The first-order valence-corrected chi connectivity index (χ1v) is 7.48. The number of amides is 1. The van der Waals surface area contributed by atoms with Crippen molar-refractivity contribution in [3.05, 3.63) is 34.9 Å². The lowest BCUT2D eigenvalue weighted by Crippen LogP contribution is -2.37. The average Bonchev–Trinajstić information content (AvgIpc) is 2.81. The molecule has 0 bridgehead atoms. The second-order valence-electron chi connectivity index (χ2n) is 6.87. The Kier molecular flexibility index (Phi) is 4.48. The van der Waals surface area contributed by atoms with E-state index in [1.807, 2.05) is 13.8 Å². The molecule has 0 saturated carbocycles. The summed E-state index contributed by atoms with van der Waals surface area (Å²) in [5.41, 5.74) is 3.62. The number of hydrogen-bond acceptors (Lipinski definition) is 2. The van der Waals surface area contributed by atoms with Crippen molar-refractivity contribution in [3.63, 3.8) is 0 Å². The Bertz CT molecular complexity index is 492. The molecule has 3 heteroatoms. The first-order chi connectivity index (χ1) is 9.38. The summed E-state index contributed by atoms with van der Waals surface area (Å²) in [4.78, 5) is 12.3. The number of carbonyl (C=O) groups excluding carboxylic acids is 1. The van der Waals surface area contributed by atoms with E-state index in [0.717, 1.165) is 19.5 Å². The fraction of sp³-hybridized carbons (Fsp3) is 0.588. The second-order valence-corrected chi connectivity index (χ2v) is 6.87. The number of hydrogen-bond donors (Lipinski definition) is 2. The van der Waals surface area contributed by atoms with Crippen molar-refractivity contribution >= 4 is 5.91 Å². The third-order valence-corrected chi connectivity index (χ3v) is 3.89. The maximum Gasteiger partial charge on any atom is 0.225 e. The van der Waals surface area contributed by atoms with Crippen LogP contribution in [0.2, 0.25) is 0 Å². The van der Waals surface area contributed by atoms with Gasteiger partial charge in [0.25, 0.3) is 0 Å². The highest BCUT2D eigenvalue weighted by molar-refractivity contribution is 5.81. The normalized spacial score (nSPS) is 14.4. The lowest BCUT2D eigenvalue weighted by Gasteiger charge is -2.25. The molecule has 1 aromatic carbocycles. The summed E-state index contributed by atoms with van der Waals surface area (Å²) in [6.45, 7) is 10.9. The zero-order chi connectivity index (χ0) is 14.8. The molecule has 1 amide bonds. The van der Waals surface area contributed by atoms with Gasteiger partial charge >= 0.3 is 0 Å². The first-order valence-electron chi connectivity index (χ1n) is 7.48. The van der Waals surface area contributed by atoms with Gasteiger partial charge in [-0.2, -0.15) is 0 Å². The first kappa shape index (κ1) is 15.0. The topological polar surface area (TPSA) is 41.1 Å². The largest absolute Gasteiger partial charge is 0.352 e. The van der Waals surface area contributed by atoms with Gasteiger partial charge in [-0.3, -0.25) is 4.79 Å². The van der Waals surface area contributed by atoms with Crippen molar-refractivity contribution in [2.45, 2.75) is 53.8 Å². The van der Waals surface area contributed by atoms with Gasteiger partial charge in [0, 0.05) is 25.0 Å². The smallest absolute Gasteiger partial charge is 0.225 e. The number of benzene rings is 1. The fourth-order valence-electron chi connectivity index (χ4n) is 2.99. The van der Waals surface area contributed by atoms with E-state index in [2.05, 4.69) is 42.7 Å². The quantitative estimate of drug-likeness (QED) is 0.866. The molecule has 0 aliphatic carbocycles. The van der Waals surface area contributed by atoms with Gasteiger partial charge in [-0.15, -0.1) is 0 Å². The Balaban J connectivity index is 1.93. The summed E-state index contributed by atoms with van der Waals surface area (Å²) in [7, 11) is 0. The number of carbonyl (C=O) groups is 1.